The summed E-state index contributed by atoms with van der Waals surface area (Å²) in [5, 5.41) is 0. The minimum absolute atomic E-state index is 0.406. The van der Waals surface area contributed by atoms with E-state index in [9.17, 15) is 0 Å². The van der Waals surface area contributed by atoms with Crippen LogP contribution >= 0.6 is 15.9 Å². The number of nitrogens with zero attached hydrogens (tertiary/aromatic N) is 2. The molecule has 1 aliphatic heterocycles. The lowest BCUT2D eigenvalue weighted by Gasteiger charge is -2.29. The van der Waals surface area contributed by atoms with E-state index in [1.807, 2.05) is 18.5 Å². The lowest BCUT2D eigenvalue weighted by atomic mass is 10.1. The van der Waals surface area contributed by atoms with Gasteiger partial charge in [-0.05, 0) is 36.6 Å². The van der Waals surface area contributed by atoms with Gasteiger partial charge >= 0.3 is 0 Å². The predicted octanol–water partition coefficient (Wildman–Crippen LogP) is 3.64. The van der Waals surface area contributed by atoms with Gasteiger partial charge in [0.05, 0.1) is 6.04 Å². The standard InChI is InChI=1S/C16H18BrN3/c17-14-5-1-6-16(13(14)10-18)20-9-3-7-15(20)12-4-2-8-19-11-12/h1-2,4-6,8,11,15H,3,7,9-10,18H2. The molecule has 1 saturated heterocycles. The van der Waals surface area contributed by atoms with Gasteiger partial charge in [0.15, 0.2) is 0 Å². The Morgan fingerprint density at radius 2 is 2.20 bits per heavy atom. The number of hydrogen-bond acceptors (Lipinski definition) is 3. The molecule has 1 aliphatic rings. The lowest BCUT2D eigenvalue weighted by Crippen LogP contribution is -2.24. The van der Waals surface area contributed by atoms with E-state index in [0.717, 1.165) is 11.0 Å². The molecular weight excluding hydrogens is 314 g/mol. The summed E-state index contributed by atoms with van der Waals surface area (Å²) < 4.78 is 1.09. The molecule has 0 amide bonds. The van der Waals surface area contributed by atoms with E-state index in [2.05, 4.69) is 50.1 Å². The van der Waals surface area contributed by atoms with Crippen LogP contribution < -0.4 is 10.6 Å². The summed E-state index contributed by atoms with van der Waals surface area (Å²) in [6.45, 7) is 1.62. The van der Waals surface area contributed by atoms with Crippen LogP contribution in [0, 0.1) is 0 Å². The Labute approximate surface area is 127 Å². The van der Waals surface area contributed by atoms with E-state index >= 15 is 0 Å². The van der Waals surface area contributed by atoms with E-state index in [-0.39, 0.29) is 0 Å². The molecule has 2 heterocycles. The number of aromatic nitrogens is 1. The molecule has 0 aliphatic carbocycles. The number of nitrogens with two attached hydrogens (primary N) is 1. The number of anilines is 1. The van der Waals surface area contributed by atoms with Crippen molar-refractivity contribution in [1.82, 2.24) is 4.98 Å². The predicted molar refractivity (Wildman–Crippen MR) is 85.6 cm³/mol. The first kappa shape index (κ1) is 13.6. The molecular formula is C16H18BrN3. The maximum atomic E-state index is 5.93. The molecule has 2 N–H and O–H groups in total. The average Bonchev–Trinajstić information content (AvgIpc) is 2.97. The molecule has 0 bridgehead atoms. The largest absolute Gasteiger partial charge is 0.364 e. The van der Waals surface area contributed by atoms with Crippen molar-refractivity contribution in [2.75, 3.05) is 11.4 Å². The summed E-state index contributed by atoms with van der Waals surface area (Å²) in [7, 11) is 0. The fourth-order valence-corrected chi connectivity index (χ4v) is 3.51. The van der Waals surface area contributed by atoms with Gasteiger partial charge in [0, 0.05) is 41.2 Å². The Bertz CT molecular complexity index is 586. The number of benzene rings is 1. The topological polar surface area (TPSA) is 42.1 Å². The third-order valence-corrected chi connectivity index (χ3v) is 4.67. The molecule has 2 aromatic rings. The van der Waals surface area contributed by atoms with Crippen LogP contribution in [0.1, 0.15) is 30.0 Å². The lowest BCUT2D eigenvalue weighted by molar-refractivity contribution is 0.712. The molecule has 1 aromatic heterocycles. The minimum atomic E-state index is 0.406. The molecule has 3 nitrogen and oxygen atoms in total. The zero-order chi connectivity index (χ0) is 13.9. The van der Waals surface area contributed by atoms with Crippen molar-refractivity contribution >= 4 is 21.6 Å². The maximum Gasteiger partial charge on any atom is 0.0558 e. The van der Waals surface area contributed by atoms with E-state index in [1.54, 1.807) is 0 Å². The summed E-state index contributed by atoms with van der Waals surface area (Å²) in [5.74, 6) is 0. The van der Waals surface area contributed by atoms with E-state index in [1.165, 1.54) is 29.7 Å². The highest BCUT2D eigenvalue weighted by molar-refractivity contribution is 9.10. The SMILES string of the molecule is NCc1c(Br)cccc1N1CCCC1c1cccnc1. The van der Waals surface area contributed by atoms with E-state index < -0.39 is 0 Å². The first-order chi connectivity index (χ1) is 9.81. The second kappa shape index (κ2) is 5.94. The fraction of sp³-hybridized carbons (Fsp3) is 0.312. The molecule has 4 heteroatoms. The fourth-order valence-electron chi connectivity index (χ4n) is 2.99. The molecule has 0 saturated carbocycles. The Hall–Kier alpha value is -1.39. The van der Waals surface area contributed by atoms with Crippen LogP contribution in [0.2, 0.25) is 0 Å². The second-order valence-corrected chi connectivity index (χ2v) is 5.93. The molecule has 0 radical (unpaired) electrons. The molecule has 1 atom stereocenters. The summed E-state index contributed by atoms with van der Waals surface area (Å²) in [6, 6.07) is 10.9. The quantitative estimate of drug-likeness (QED) is 0.933. The van der Waals surface area contributed by atoms with Crippen molar-refractivity contribution in [3.63, 3.8) is 0 Å². The van der Waals surface area contributed by atoms with Crippen LogP contribution in [-0.2, 0) is 6.54 Å². The number of halogens is 1. The molecule has 1 unspecified atom stereocenters. The van der Waals surface area contributed by atoms with Gasteiger partial charge in [-0.25, -0.2) is 0 Å². The highest BCUT2D eigenvalue weighted by Crippen LogP contribution is 2.39. The first-order valence-corrected chi connectivity index (χ1v) is 7.74. The van der Waals surface area contributed by atoms with Crippen LogP contribution in [0.4, 0.5) is 5.69 Å². The second-order valence-electron chi connectivity index (χ2n) is 5.08. The zero-order valence-corrected chi connectivity index (χ0v) is 12.9. The number of rotatable bonds is 3. The molecule has 0 spiro atoms. The third kappa shape index (κ3) is 2.45. The Balaban J connectivity index is 1.99. The third-order valence-electron chi connectivity index (χ3n) is 3.93. The van der Waals surface area contributed by atoms with Gasteiger partial charge in [0.1, 0.15) is 0 Å². The summed E-state index contributed by atoms with van der Waals surface area (Å²) in [6.07, 6.45) is 6.18. The monoisotopic (exact) mass is 331 g/mol. The van der Waals surface area contributed by atoms with Crippen molar-refractivity contribution in [3.05, 3.63) is 58.3 Å². The van der Waals surface area contributed by atoms with Crippen molar-refractivity contribution in [2.24, 2.45) is 5.73 Å². The normalized spacial score (nSPS) is 18.5. The van der Waals surface area contributed by atoms with E-state index in [4.69, 9.17) is 5.73 Å². The van der Waals surface area contributed by atoms with Crippen molar-refractivity contribution in [2.45, 2.75) is 25.4 Å². The zero-order valence-electron chi connectivity index (χ0n) is 11.3. The van der Waals surface area contributed by atoms with Gasteiger partial charge < -0.3 is 10.6 Å². The number of hydrogen-bond donors (Lipinski definition) is 1. The van der Waals surface area contributed by atoms with Gasteiger partial charge in [-0.15, -0.1) is 0 Å². The first-order valence-electron chi connectivity index (χ1n) is 6.95. The van der Waals surface area contributed by atoms with Gasteiger partial charge in [0.25, 0.3) is 0 Å². The molecule has 3 rings (SSSR count). The molecule has 20 heavy (non-hydrogen) atoms. The summed E-state index contributed by atoms with van der Waals surface area (Å²) in [5.41, 5.74) is 9.65. The van der Waals surface area contributed by atoms with Crippen molar-refractivity contribution < 1.29 is 0 Å². The van der Waals surface area contributed by atoms with E-state index in [0.29, 0.717) is 12.6 Å². The Morgan fingerprint density at radius 3 is 2.95 bits per heavy atom. The Morgan fingerprint density at radius 1 is 1.30 bits per heavy atom. The minimum Gasteiger partial charge on any atom is -0.364 e. The highest BCUT2D eigenvalue weighted by Gasteiger charge is 2.27. The van der Waals surface area contributed by atoms with Crippen LogP contribution in [-0.4, -0.2) is 11.5 Å². The molecule has 1 aromatic carbocycles. The number of pyridine rings is 1. The van der Waals surface area contributed by atoms with Crippen LogP contribution in [0.25, 0.3) is 0 Å². The summed E-state index contributed by atoms with van der Waals surface area (Å²) in [4.78, 5) is 6.72. The smallest absolute Gasteiger partial charge is 0.0558 e. The summed E-state index contributed by atoms with van der Waals surface area (Å²) >= 11 is 3.61. The van der Waals surface area contributed by atoms with Gasteiger partial charge in [-0.3, -0.25) is 4.98 Å². The molecule has 1 fully saturated rings. The van der Waals surface area contributed by atoms with Gasteiger partial charge in [-0.1, -0.05) is 28.1 Å². The van der Waals surface area contributed by atoms with Gasteiger partial charge in [0.2, 0.25) is 0 Å². The average molecular weight is 332 g/mol. The van der Waals surface area contributed by atoms with Crippen molar-refractivity contribution in [1.29, 1.82) is 0 Å². The van der Waals surface area contributed by atoms with Crippen LogP contribution in [0.5, 0.6) is 0 Å². The maximum absolute atomic E-state index is 5.93. The van der Waals surface area contributed by atoms with Crippen molar-refractivity contribution in [3.8, 4) is 0 Å². The van der Waals surface area contributed by atoms with Crippen LogP contribution in [0.15, 0.2) is 47.2 Å². The molecule has 104 valence electrons. The highest BCUT2D eigenvalue weighted by atomic mass is 79.9. The Kier molecular flexibility index (Phi) is 4.03. The van der Waals surface area contributed by atoms with Crippen LogP contribution in [0.3, 0.4) is 0 Å². The van der Waals surface area contributed by atoms with Gasteiger partial charge in [-0.2, -0.15) is 0 Å².